The van der Waals surface area contributed by atoms with Crippen LogP contribution in [0.5, 0.6) is 0 Å². The SMILES string of the molecule is O=C(CN1CCCCC1C1CCCCC1O)N1CCCC1. The maximum absolute atomic E-state index is 12.4. The third-order valence-electron chi connectivity index (χ3n) is 5.74. The van der Waals surface area contributed by atoms with E-state index in [1.54, 1.807) is 0 Å². The van der Waals surface area contributed by atoms with Crippen LogP contribution >= 0.6 is 0 Å². The van der Waals surface area contributed by atoms with E-state index < -0.39 is 0 Å². The normalized spacial score (nSPS) is 35.1. The van der Waals surface area contributed by atoms with Crippen molar-refractivity contribution in [2.45, 2.75) is 69.9 Å². The van der Waals surface area contributed by atoms with Crippen molar-refractivity contribution in [2.75, 3.05) is 26.2 Å². The average Bonchev–Trinajstić information content (AvgIpc) is 3.03. The molecule has 0 aromatic heterocycles. The lowest BCUT2D eigenvalue weighted by molar-refractivity contribution is -0.133. The van der Waals surface area contributed by atoms with Crippen molar-refractivity contribution in [1.82, 2.24) is 9.80 Å². The summed E-state index contributed by atoms with van der Waals surface area (Å²) in [7, 11) is 0. The Balaban J connectivity index is 1.61. The van der Waals surface area contributed by atoms with Gasteiger partial charge in [0, 0.05) is 25.0 Å². The molecule has 2 aliphatic heterocycles. The first-order chi connectivity index (χ1) is 10.3. The number of carbonyl (C=O) groups excluding carboxylic acids is 1. The number of hydrogen-bond acceptors (Lipinski definition) is 3. The molecule has 1 aliphatic carbocycles. The number of carbonyl (C=O) groups is 1. The minimum Gasteiger partial charge on any atom is -0.393 e. The Morgan fingerprint density at radius 1 is 0.905 bits per heavy atom. The van der Waals surface area contributed by atoms with Gasteiger partial charge in [0.05, 0.1) is 12.6 Å². The van der Waals surface area contributed by atoms with Gasteiger partial charge in [0.1, 0.15) is 0 Å². The van der Waals surface area contributed by atoms with Crippen molar-refractivity contribution in [3.05, 3.63) is 0 Å². The van der Waals surface area contributed by atoms with E-state index in [0.29, 0.717) is 24.4 Å². The number of rotatable bonds is 3. The number of aliphatic hydroxyl groups is 1. The van der Waals surface area contributed by atoms with E-state index in [2.05, 4.69) is 4.90 Å². The van der Waals surface area contributed by atoms with Crippen LogP contribution in [0.1, 0.15) is 57.8 Å². The van der Waals surface area contributed by atoms with Gasteiger partial charge in [-0.25, -0.2) is 0 Å². The molecule has 0 bridgehead atoms. The Hall–Kier alpha value is -0.610. The van der Waals surface area contributed by atoms with Crippen molar-refractivity contribution >= 4 is 5.91 Å². The Bertz CT molecular complexity index is 355. The molecule has 0 aromatic carbocycles. The van der Waals surface area contributed by atoms with E-state index in [0.717, 1.165) is 58.2 Å². The lowest BCUT2D eigenvalue weighted by Gasteiger charge is -2.43. The van der Waals surface area contributed by atoms with Crippen LogP contribution in [-0.2, 0) is 4.79 Å². The molecule has 1 saturated carbocycles. The molecular weight excluding hydrogens is 264 g/mol. The van der Waals surface area contributed by atoms with Gasteiger partial charge in [-0.2, -0.15) is 0 Å². The standard InChI is InChI=1S/C17H30N2O2/c20-16-9-2-1-7-14(16)15-8-3-4-12-19(15)13-17(21)18-10-5-6-11-18/h14-16,20H,1-13H2. The Morgan fingerprint density at radius 3 is 2.33 bits per heavy atom. The zero-order valence-electron chi connectivity index (χ0n) is 13.2. The highest BCUT2D eigenvalue weighted by Crippen LogP contribution is 2.34. The minimum absolute atomic E-state index is 0.147. The third kappa shape index (κ3) is 3.59. The molecule has 3 rings (SSSR count). The van der Waals surface area contributed by atoms with Crippen LogP contribution in [0.3, 0.4) is 0 Å². The molecule has 2 heterocycles. The molecule has 3 fully saturated rings. The van der Waals surface area contributed by atoms with Crippen LogP contribution < -0.4 is 0 Å². The Morgan fingerprint density at radius 2 is 1.57 bits per heavy atom. The van der Waals surface area contributed by atoms with Crippen molar-refractivity contribution < 1.29 is 9.90 Å². The molecule has 3 atom stereocenters. The number of piperidine rings is 1. The summed E-state index contributed by atoms with van der Waals surface area (Å²) in [4.78, 5) is 16.9. The molecular formula is C17H30N2O2. The third-order valence-corrected chi connectivity index (χ3v) is 5.74. The largest absolute Gasteiger partial charge is 0.393 e. The van der Waals surface area contributed by atoms with Crippen molar-refractivity contribution in [2.24, 2.45) is 5.92 Å². The Kier molecular flexibility index (Phi) is 5.17. The van der Waals surface area contributed by atoms with Crippen molar-refractivity contribution in [3.8, 4) is 0 Å². The van der Waals surface area contributed by atoms with E-state index in [1.165, 1.54) is 19.3 Å². The summed E-state index contributed by atoms with van der Waals surface area (Å²) in [6.45, 7) is 3.51. The first-order valence-corrected chi connectivity index (χ1v) is 8.95. The molecule has 3 unspecified atom stereocenters. The molecule has 1 N–H and O–H groups in total. The van der Waals surface area contributed by atoms with E-state index in [9.17, 15) is 9.90 Å². The van der Waals surface area contributed by atoms with Gasteiger partial charge in [-0.05, 0) is 45.1 Å². The van der Waals surface area contributed by atoms with Gasteiger partial charge in [0.25, 0.3) is 0 Å². The summed E-state index contributed by atoms with van der Waals surface area (Å²) in [6.07, 6.45) is 10.3. The molecule has 0 radical (unpaired) electrons. The van der Waals surface area contributed by atoms with Crippen LogP contribution in [-0.4, -0.2) is 59.1 Å². The molecule has 21 heavy (non-hydrogen) atoms. The highest BCUT2D eigenvalue weighted by atomic mass is 16.3. The molecule has 0 aromatic rings. The van der Waals surface area contributed by atoms with E-state index in [4.69, 9.17) is 0 Å². The van der Waals surface area contributed by atoms with Crippen LogP contribution in [0.2, 0.25) is 0 Å². The number of amides is 1. The van der Waals surface area contributed by atoms with E-state index in [-0.39, 0.29) is 6.10 Å². The lowest BCUT2D eigenvalue weighted by Crippen LogP contribution is -2.52. The fraction of sp³-hybridized carbons (Fsp3) is 0.941. The lowest BCUT2D eigenvalue weighted by atomic mass is 9.78. The number of nitrogens with zero attached hydrogens (tertiary/aromatic N) is 2. The van der Waals surface area contributed by atoms with Gasteiger partial charge in [-0.1, -0.05) is 19.3 Å². The summed E-state index contributed by atoms with van der Waals surface area (Å²) < 4.78 is 0. The highest BCUT2D eigenvalue weighted by Gasteiger charge is 2.36. The number of hydrogen-bond donors (Lipinski definition) is 1. The zero-order valence-corrected chi connectivity index (χ0v) is 13.2. The second-order valence-corrected chi connectivity index (χ2v) is 7.14. The first-order valence-electron chi connectivity index (χ1n) is 8.95. The van der Waals surface area contributed by atoms with Crippen molar-refractivity contribution in [1.29, 1.82) is 0 Å². The quantitative estimate of drug-likeness (QED) is 0.866. The summed E-state index contributed by atoms with van der Waals surface area (Å²) in [5, 5.41) is 10.4. The van der Waals surface area contributed by atoms with Gasteiger partial charge in [0.15, 0.2) is 0 Å². The van der Waals surface area contributed by atoms with Crippen LogP contribution in [0.25, 0.3) is 0 Å². The summed E-state index contributed by atoms with van der Waals surface area (Å²) in [5.74, 6) is 0.704. The maximum Gasteiger partial charge on any atom is 0.236 e. The molecule has 120 valence electrons. The molecule has 1 amide bonds. The van der Waals surface area contributed by atoms with Gasteiger partial charge < -0.3 is 10.0 Å². The fourth-order valence-corrected chi connectivity index (χ4v) is 4.53. The summed E-state index contributed by atoms with van der Waals surface area (Å²) >= 11 is 0. The van der Waals surface area contributed by atoms with Crippen LogP contribution in [0.4, 0.5) is 0 Å². The summed E-state index contributed by atoms with van der Waals surface area (Å²) in [6, 6.07) is 0.431. The first kappa shape index (κ1) is 15.3. The van der Waals surface area contributed by atoms with E-state index >= 15 is 0 Å². The molecule has 3 aliphatic rings. The molecule has 0 spiro atoms. The van der Waals surface area contributed by atoms with Gasteiger partial charge in [0.2, 0.25) is 5.91 Å². The van der Waals surface area contributed by atoms with Crippen LogP contribution in [0, 0.1) is 5.92 Å². The number of aliphatic hydroxyl groups excluding tert-OH is 1. The van der Waals surface area contributed by atoms with E-state index in [1.807, 2.05) is 4.90 Å². The average molecular weight is 294 g/mol. The molecule has 2 saturated heterocycles. The minimum atomic E-state index is -0.147. The molecule has 4 heteroatoms. The van der Waals surface area contributed by atoms with Crippen LogP contribution in [0.15, 0.2) is 0 Å². The zero-order chi connectivity index (χ0) is 14.7. The predicted octanol–water partition coefficient (Wildman–Crippen LogP) is 2.01. The topological polar surface area (TPSA) is 43.8 Å². The van der Waals surface area contributed by atoms with Gasteiger partial charge >= 0.3 is 0 Å². The fourth-order valence-electron chi connectivity index (χ4n) is 4.53. The highest BCUT2D eigenvalue weighted by molar-refractivity contribution is 5.78. The van der Waals surface area contributed by atoms with Gasteiger partial charge in [-0.3, -0.25) is 9.69 Å². The molecule has 4 nitrogen and oxygen atoms in total. The van der Waals surface area contributed by atoms with Crippen molar-refractivity contribution in [3.63, 3.8) is 0 Å². The maximum atomic E-state index is 12.4. The second kappa shape index (κ2) is 7.10. The summed E-state index contributed by atoms with van der Waals surface area (Å²) in [5.41, 5.74) is 0. The monoisotopic (exact) mass is 294 g/mol. The smallest absolute Gasteiger partial charge is 0.236 e. The van der Waals surface area contributed by atoms with Gasteiger partial charge in [-0.15, -0.1) is 0 Å². The Labute approximate surface area is 128 Å². The second-order valence-electron chi connectivity index (χ2n) is 7.14. The predicted molar refractivity (Wildman–Crippen MR) is 83.0 cm³/mol. The number of likely N-dealkylation sites (tertiary alicyclic amines) is 2.